The van der Waals surface area contributed by atoms with E-state index >= 15 is 0 Å². The lowest BCUT2D eigenvalue weighted by Gasteiger charge is -2.37. The highest BCUT2D eigenvalue weighted by molar-refractivity contribution is 7.89. The molecule has 0 aliphatic rings. The molecule has 3 rings (SSSR count). The van der Waals surface area contributed by atoms with Crippen molar-refractivity contribution in [3.8, 4) is 0 Å². The molecular weight excluding hydrogens is 556 g/mol. The predicted molar refractivity (Wildman–Crippen MR) is 163 cm³/mol. The van der Waals surface area contributed by atoms with Crippen molar-refractivity contribution < 1.29 is 27.5 Å². The Kier molecular flexibility index (Phi) is 12.1. The summed E-state index contributed by atoms with van der Waals surface area (Å²) in [5.74, 6) is -0.792. The number of rotatable bonds is 15. The molecule has 3 atom stereocenters. The molecule has 0 saturated carbocycles. The normalized spacial score (nSPS) is 14.2. The molecule has 2 aromatic carbocycles. The summed E-state index contributed by atoms with van der Waals surface area (Å²) in [7, 11) is -2.41. The number of likely N-dealkylation sites (N-methyl/N-ethyl adjacent to an activating group) is 1. The minimum Gasteiger partial charge on any atom is -0.464 e. The number of furan rings is 1. The number of hydrogen-bond acceptors (Lipinski definition) is 7. The van der Waals surface area contributed by atoms with Gasteiger partial charge in [-0.05, 0) is 55.1 Å². The SMILES string of the molecule is CC[C@H](C)CC(=O)N(NC(=O)CNC)[C@@H](Cc1ccccc1)[C@H](O)CN(CC(C)C)S(=O)(=O)c1ccc2occc2c1. The molecule has 42 heavy (non-hydrogen) atoms. The number of fused-ring (bicyclic) bond motifs is 1. The fourth-order valence-electron chi connectivity index (χ4n) is 4.72. The van der Waals surface area contributed by atoms with E-state index in [2.05, 4.69) is 10.7 Å². The maximum Gasteiger partial charge on any atom is 0.252 e. The number of amides is 2. The van der Waals surface area contributed by atoms with E-state index in [-0.39, 0.29) is 55.1 Å². The molecule has 0 aliphatic heterocycles. The third kappa shape index (κ3) is 8.87. The van der Waals surface area contributed by atoms with Crippen LogP contribution in [0.1, 0.15) is 46.1 Å². The van der Waals surface area contributed by atoms with Gasteiger partial charge in [-0.3, -0.25) is 15.0 Å². The molecule has 2 amide bonds. The molecule has 3 aromatic rings. The lowest BCUT2D eigenvalue weighted by atomic mass is 9.98. The Morgan fingerprint density at radius 2 is 1.74 bits per heavy atom. The van der Waals surface area contributed by atoms with Gasteiger partial charge in [0.05, 0.1) is 29.8 Å². The molecule has 0 unspecified atom stereocenters. The summed E-state index contributed by atoms with van der Waals surface area (Å²) in [5, 5.41) is 16.4. The van der Waals surface area contributed by atoms with Crippen molar-refractivity contribution in [2.75, 3.05) is 26.7 Å². The zero-order chi connectivity index (χ0) is 30.9. The third-order valence-electron chi connectivity index (χ3n) is 7.16. The van der Waals surface area contributed by atoms with Crippen molar-refractivity contribution in [2.24, 2.45) is 11.8 Å². The van der Waals surface area contributed by atoms with Gasteiger partial charge in [0, 0.05) is 24.9 Å². The smallest absolute Gasteiger partial charge is 0.252 e. The summed E-state index contributed by atoms with van der Waals surface area (Å²) in [6.45, 7) is 7.55. The summed E-state index contributed by atoms with van der Waals surface area (Å²) >= 11 is 0. The van der Waals surface area contributed by atoms with Gasteiger partial charge in [-0.2, -0.15) is 4.31 Å². The Labute approximate surface area is 249 Å². The van der Waals surface area contributed by atoms with Crippen molar-refractivity contribution in [2.45, 2.75) is 64.0 Å². The van der Waals surface area contributed by atoms with Crippen molar-refractivity contribution in [3.05, 3.63) is 66.4 Å². The largest absolute Gasteiger partial charge is 0.464 e. The minimum atomic E-state index is -4.04. The quantitative estimate of drug-likeness (QED) is 0.227. The Bertz CT molecular complexity index is 1410. The number of hydrogen-bond donors (Lipinski definition) is 3. The van der Waals surface area contributed by atoms with Gasteiger partial charge in [-0.1, -0.05) is 64.4 Å². The number of carbonyl (C=O) groups is 2. The first-order valence-electron chi connectivity index (χ1n) is 14.4. The number of hydrazine groups is 1. The van der Waals surface area contributed by atoms with Gasteiger partial charge in [0.1, 0.15) is 5.58 Å². The second-order valence-corrected chi connectivity index (χ2v) is 13.1. The molecule has 0 saturated heterocycles. The number of nitrogens with zero attached hydrogens (tertiary/aromatic N) is 2. The Hall–Kier alpha value is -3.25. The molecule has 0 bridgehead atoms. The lowest BCUT2D eigenvalue weighted by Crippen LogP contribution is -2.60. The van der Waals surface area contributed by atoms with Crippen LogP contribution in [0.5, 0.6) is 0 Å². The van der Waals surface area contributed by atoms with Gasteiger partial charge in [-0.25, -0.2) is 13.4 Å². The first-order valence-corrected chi connectivity index (χ1v) is 15.9. The molecule has 230 valence electrons. The molecule has 0 radical (unpaired) electrons. The van der Waals surface area contributed by atoms with Crippen molar-refractivity contribution in [3.63, 3.8) is 0 Å². The Morgan fingerprint density at radius 1 is 1.02 bits per heavy atom. The van der Waals surface area contributed by atoms with Gasteiger partial charge >= 0.3 is 0 Å². The standard InChI is InChI=1S/C31H44N4O6S/c1-6-23(4)16-31(38)35(33-30(37)19-32-5)27(17-24-10-8-7-9-11-24)28(36)21-34(20-22(2)3)42(39,40)26-12-13-29-25(18-26)14-15-41-29/h7-15,18,22-23,27-28,32,36H,6,16-17,19-21H2,1-5H3,(H,33,37)/t23-,27-,28+/m0/s1. The van der Waals surface area contributed by atoms with Crippen LogP contribution in [0.2, 0.25) is 0 Å². The van der Waals surface area contributed by atoms with Gasteiger partial charge < -0.3 is 14.8 Å². The second kappa shape index (κ2) is 15.3. The number of aliphatic hydroxyl groups is 1. The van der Waals surface area contributed by atoms with Crippen LogP contribution in [-0.4, -0.2) is 73.5 Å². The molecule has 3 N–H and O–H groups in total. The van der Waals surface area contributed by atoms with Crippen LogP contribution >= 0.6 is 0 Å². The number of aliphatic hydroxyl groups excluding tert-OH is 1. The van der Waals surface area contributed by atoms with Crippen LogP contribution < -0.4 is 10.7 Å². The first kappa shape index (κ1) is 33.3. The molecule has 11 heteroatoms. The van der Waals surface area contributed by atoms with E-state index in [4.69, 9.17) is 4.42 Å². The molecular formula is C31H44N4O6S. The van der Waals surface area contributed by atoms with Gasteiger partial charge in [0.2, 0.25) is 15.9 Å². The number of sulfonamides is 1. The Balaban J connectivity index is 2.01. The number of carbonyl (C=O) groups excluding carboxylic acids is 2. The topological polar surface area (TPSA) is 132 Å². The van der Waals surface area contributed by atoms with Crippen molar-refractivity contribution >= 4 is 32.8 Å². The van der Waals surface area contributed by atoms with Gasteiger partial charge in [-0.15, -0.1) is 0 Å². The van der Waals surface area contributed by atoms with Crippen LogP contribution in [0.4, 0.5) is 0 Å². The zero-order valence-electron chi connectivity index (χ0n) is 25.1. The summed E-state index contributed by atoms with van der Waals surface area (Å²) in [6, 6.07) is 14.7. The minimum absolute atomic E-state index is 0.0361. The maximum atomic E-state index is 13.9. The molecule has 0 fully saturated rings. The van der Waals surface area contributed by atoms with Crippen molar-refractivity contribution in [1.82, 2.24) is 20.1 Å². The van der Waals surface area contributed by atoms with Crippen molar-refractivity contribution in [1.29, 1.82) is 0 Å². The van der Waals surface area contributed by atoms with E-state index in [0.717, 1.165) is 12.0 Å². The average molecular weight is 601 g/mol. The third-order valence-corrected chi connectivity index (χ3v) is 8.98. The first-order chi connectivity index (χ1) is 20.0. The van der Waals surface area contributed by atoms with Gasteiger partial charge in [0.15, 0.2) is 0 Å². The molecule has 0 aliphatic carbocycles. The summed E-state index contributed by atoms with van der Waals surface area (Å²) < 4.78 is 34.5. The lowest BCUT2D eigenvalue weighted by molar-refractivity contribution is -0.148. The van der Waals surface area contributed by atoms with Crippen LogP contribution in [0.3, 0.4) is 0 Å². The van der Waals surface area contributed by atoms with Crippen LogP contribution in [0, 0.1) is 11.8 Å². The highest BCUT2D eigenvalue weighted by atomic mass is 32.2. The molecule has 0 spiro atoms. The van der Waals surface area contributed by atoms with E-state index in [1.165, 1.54) is 21.6 Å². The Morgan fingerprint density at radius 3 is 2.38 bits per heavy atom. The monoisotopic (exact) mass is 600 g/mol. The second-order valence-electron chi connectivity index (χ2n) is 11.2. The van der Waals surface area contributed by atoms with E-state index in [1.54, 1.807) is 25.2 Å². The highest BCUT2D eigenvalue weighted by Crippen LogP contribution is 2.25. The highest BCUT2D eigenvalue weighted by Gasteiger charge is 2.36. The van der Waals surface area contributed by atoms with E-state index in [9.17, 15) is 23.1 Å². The maximum absolute atomic E-state index is 13.9. The zero-order valence-corrected chi connectivity index (χ0v) is 25.9. The van der Waals surface area contributed by atoms with Crippen LogP contribution in [0.15, 0.2) is 70.2 Å². The predicted octanol–water partition coefficient (Wildman–Crippen LogP) is 3.57. The van der Waals surface area contributed by atoms with E-state index < -0.39 is 28.1 Å². The molecule has 10 nitrogen and oxygen atoms in total. The van der Waals surface area contributed by atoms with E-state index in [0.29, 0.717) is 11.0 Å². The summed E-state index contributed by atoms with van der Waals surface area (Å²) in [4.78, 5) is 26.4. The fraction of sp³-hybridized carbons (Fsp3) is 0.484. The summed E-state index contributed by atoms with van der Waals surface area (Å²) in [6.07, 6.45) is 1.29. The molecule has 1 heterocycles. The van der Waals surface area contributed by atoms with Crippen LogP contribution in [0.25, 0.3) is 11.0 Å². The van der Waals surface area contributed by atoms with Crippen LogP contribution in [-0.2, 0) is 26.0 Å². The fourth-order valence-corrected chi connectivity index (χ4v) is 6.38. The number of nitrogens with one attached hydrogen (secondary N) is 2. The number of benzene rings is 2. The molecule has 1 aromatic heterocycles. The van der Waals surface area contributed by atoms with Gasteiger partial charge in [0.25, 0.3) is 5.91 Å². The summed E-state index contributed by atoms with van der Waals surface area (Å²) in [5.41, 5.74) is 4.09. The average Bonchev–Trinajstić information content (AvgIpc) is 3.43. The van der Waals surface area contributed by atoms with E-state index in [1.807, 2.05) is 58.0 Å².